The van der Waals surface area contributed by atoms with Crippen LogP contribution in [-0.2, 0) is 8.85 Å². The third kappa shape index (κ3) is 3.82. The minimum atomic E-state index is -2.55. The van der Waals surface area contributed by atoms with Gasteiger partial charge in [0.2, 0.25) is 0 Å². The first-order valence-corrected chi connectivity index (χ1v) is 7.78. The average Bonchev–Trinajstić information content (AvgIpc) is 2.36. The summed E-state index contributed by atoms with van der Waals surface area (Å²) < 4.78 is 16.8. The Morgan fingerprint density at radius 3 is 2.25 bits per heavy atom. The van der Waals surface area contributed by atoms with Crippen LogP contribution in [0, 0.1) is 0 Å². The van der Waals surface area contributed by atoms with Crippen LogP contribution in [0.1, 0.15) is 6.42 Å². The summed E-state index contributed by atoms with van der Waals surface area (Å²) in [6.45, 7) is 0. The van der Waals surface area contributed by atoms with Crippen LogP contribution in [0.5, 0.6) is 5.75 Å². The van der Waals surface area contributed by atoms with E-state index in [-0.39, 0.29) is 0 Å². The van der Waals surface area contributed by atoms with E-state index in [0.717, 1.165) is 24.0 Å². The molecule has 0 amide bonds. The monoisotopic (exact) mass is 258 g/mol. The third-order valence-electron chi connectivity index (χ3n) is 2.28. The molecular weight excluding hydrogens is 240 g/mol. The van der Waals surface area contributed by atoms with Gasteiger partial charge in [0.15, 0.2) is 0 Å². The molecule has 0 saturated heterocycles. The van der Waals surface area contributed by atoms with Gasteiger partial charge in [0.05, 0.1) is 0 Å². The second-order valence-corrected chi connectivity index (χ2v) is 6.67. The maximum atomic E-state index is 5.86. The smallest absolute Gasteiger partial charge is 0.501 e. The zero-order valence-corrected chi connectivity index (χ0v) is 11.6. The Morgan fingerprint density at radius 1 is 1.12 bits per heavy atom. The van der Waals surface area contributed by atoms with Gasteiger partial charge >= 0.3 is 8.80 Å². The molecule has 5 heteroatoms. The lowest BCUT2D eigenvalue weighted by Gasteiger charge is -2.26. The van der Waals surface area contributed by atoms with Crippen molar-refractivity contribution in [1.82, 2.24) is 0 Å². The Hall–Kier alpha value is -0.493. The number of para-hydroxylation sites is 1. The lowest BCUT2D eigenvalue weighted by atomic mass is 10.3. The molecule has 1 aromatic carbocycles. The lowest BCUT2D eigenvalue weighted by Crippen LogP contribution is -2.47. The van der Waals surface area contributed by atoms with Crippen LogP contribution < -0.4 is 4.43 Å². The van der Waals surface area contributed by atoms with Crippen LogP contribution in [0.3, 0.4) is 0 Å². The molecule has 90 valence electrons. The van der Waals surface area contributed by atoms with Gasteiger partial charge in [0.25, 0.3) is 0 Å². The molecule has 0 spiro atoms. The van der Waals surface area contributed by atoms with Gasteiger partial charge in [-0.05, 0) is 24.3 Å². The van der Waals surface area contributed by atoms with Gasteiger partial charge in [-0.25, -0.2) is 0 Å². The van der Waals surface area contributed by atoms with E-state index in [4.69, 9.17) is 13.3 Å². The normalized spacial score (nSPS) is 11.4. The van der Waals surface area contributed by atoms with E-state index in [1.807, 2.05) is 30.3 Å². The lowest BCUT2D eigenvalue weighted by molar-refractivity contribution is 0.160. The Morgan fingerprint density at radius 2 is 1.75 bits per heavy atom. The molecule has 0 unspecified atom stereocenters. The highest BCUT2D eigenvalue weighted by Gasteiger charge is 2.40. The summed E-state index contributed by atoms with van der Waals surface area (Å²) in [6, 6.07) is 10.4. The molecule has 0 bridgehead atoms. The predicted octanol–water partition coefficient (Wildman–Crippen LogP) is 2.62. The molecule has 16 heavy (non-hydrogen) atoms. The minimum Gasteiger partial charge on any atom is -0.501 e. The minimum absolute atomic E-state index is 0.776. The molecule has 0 aromatic heterocycles. The van der Waals surface area contributed by atoms with Crippen LogP contribution in [-0.4, -0.2) is 28.8 Å². The second-order valence-electron chi connectivity index (χ2n) is 3.33. The first-order chi connectivity index (χ1) is 7.76. The molecule has 0 radical (unpaired) electrons. The van der Waals surface area contributed by atoms with Gasteiger partial charge in [-0.15, -0.1) is 0 Å². The highest BCUT2D eigenvalue weighted by molar-refractivity contribution is 7.80. The first kappa shape index (κ1) is 13.6. The topological polar surface area (TPSA) is 27.7 Å². The van der Waals surface area contributed by atoms with Crippen molar-refractivity contribution in [3.63, 3.8) is 0 Å². The molecule has 0 N–H and O–H groups in total. The highest BCUT2D eigenvalue weighted by atomic mass is 32.1. The van der Waals surface area contributed by atoms with Crippen molar-refractivity contribution in [3.8, 4) is 5.75 Å². The summed E-state index contributed by atoms with van der Waals surface area (Å²) in [5.74, 6) is 1.59. The van der Waals surface area contributed by atoms with Crippen molar-refractivity contribution in [2.45, 2.75) is 12.5 Å². The SMILES string of the molecule is CO[Si](CCCS)(OC)Oc1ccccc1. The Kier molecular flexibility index (Phi) is 5.90. The molecule has 0 saturated carbocycles. The van der Waals surface area contributed by atoms with E-state index in [2.05, 4.69) is 12.6 Å². The number of hydrogen-bond donors (Lipinski definition) is 1. The van der Waals surface area contributed by atoms with Gasteiger partial charge in [0.1, 0.15) is 5.75 Å². The summed E-state index contributed by atoms with van der Waals surface area (Å²) in [5, 5.41) is 0. The fourth-order valence-corrected chi connectivity index (χ4v) is 3.79. The average molecular weight is 258 g/mol. The first-order valence-electron chi connectivity index (χ1n) is 5.21. The van der Waals surface area contributed by atoms with Crippen LogP contribution in [0.25, 0.3) is 0 Å². The summed E-state index contributed by atoms with van der Waals surface area (Å²) in [4.78, 5) is 0. The summed E-state index contributed by atoms with van der Waals surface area (Å²) in [6.07, 6.45) is 0.920. The van der Waals surface area contributed by atoms with Gasteiger partial charge in [0, 0.05) is 20.3 Å². The van der Waals surface area contributed by atoms with Crippen molar-refractivity contribution in [1.29, 1.82) is 0 Å². The highest BCUT2D eigenvalue weighted by Crippen LogP contribution is 2.21. The molecule has 3 nitrogen and oxygen atoms in total. The molecule has 0 aliphatic rings. The van der Waals surface area contributed by atoms with Gasteiger partial charge in [-0.3, -0.25) is 0 Å². The van der Waals surface area contributed by atoms with Crippen LogP contribution in [0.15, 0.2) is 30.3 Å². The number of hydrogen-bond acceptors (Lipinski definition) is 4. The van der Waals surface area contributed by atoms with Crippen molar-refractivity contribution in [2.75, 3.05) is 20.0 Å². The summed E-state index contributed by atoms with van der Waals surface area (Å²) >= 11 is 4.19. The molecule has 0 fully saturated rings. The zero-order chi connectivity index (χ0) is 11.9. The van der Waals surface area contributed by atoms with Crippen molar-refractivity contribution in [2.24, 2.45) is 0 Å². The standard InChI is InChI=1S/C11H18O3SSi/c1-12-16(13-2,10-6-9-15)14-11-7-4-3-5-8-11/h3-5,7-8,15H,6,9-10H2,1-2H3. The van der Waals surface area contributed by atoms with Gasteiger partial charge < -0.3 is 13.3 Å². The predicted molar refractivity (Wildman–Crippen MR) is 70.1 cm³/mol. The zero-order valence-electron chi connectivity index (χ0n) is 9.68. The van der Waals surface area contributed by atoms with E-state index < -0.39 is 8.80 Å². The summed E-state index contributed by atoms with van der Waals surface area (Å²) in [7, 11) is 0.718. The molecule has 0 aliphatic carbocycles. The van der Waals surface area contributed by atoms with Crippen LogP contribution >= 0.6 is 12.6 Å². The molecule has 0 aliphatic heterocycles. The Labute approximate surface area is 104 Å². The molecule has 1 aromatic rings. The molecule has 0 atom stereocenters. The van der Waals surface area contributed by atoms with E-state index >= 15 is 0 Å². The number of rotatable bonds is 7. The largest absolute Gasteiger partial charge is 0.565 e. The van der Waals surface area contributed by atoms with Gasteiger partial charge in [-0.1, -0.05) is 18.2 Å². The Bertz CT molecular complexity index is 291. The quantitative estimate of drug-likeness (QED) is 0.602. The van der Waals surface area contributed by atoms with Gasteiger partial charge in [-0.2, -0.15) is 12.6 Å². The van der Waals surface area contributed by atoms with E-state index in [1.165, 1.54) is 0 Å². The fourth-order valence-electron chi connectivity index (χ4n) is 1.39. The maximum absolute atomic E-state index is 5.86. The Balaban J connectivity index is 2.70. The van der Waals surface area contributed by atoms with Crippen molar-refractivity contribution < 1.29 is 13.3 Å². The second kappa shape index (κ2) is 6.96. The van der Waals surface area contributed by atoms with Crippen LogP contribution in [0.4, 0.5) is 0 Å². The number of thiol groups is 1. The molecule has 1 rings (SSSR count). The maximum Gasteiger partial charge on any atom is 0.565 e. The van der Waals surface area contributed by atoms with E-state index in [0.29, 0.717) is 0 Å². The fraction of sp³-hybridized carbons (Fsp3) is 0.455. The van der Waals surface area contributed by atoms with E-state index in [9.17, 15) is 0 Å². The molecule has 0 heterocycles. The summed E-state index contributed by atoms with van der Waals surface area (Å²) in [5.41, 5.74) is 0. The van der Waals surface area contributed by atoms with Crippen molar-refractivity contribution in [3.05, 3.63) is 30.3 Å². The number of benzene rings is 1. The molecular formula is C11H18O3SSi. The van der Waals surface area contributed by atoms with E-state index in [1.54, 1.807) is 14.2 Å². The van der Waals surface area contributed by atoms with Crippen molar-refractivity contribution >= 4 is 21.4 Å². The van der Waals surface area contributed by atoms with Crippen LogP contribution in [0.2, 0.25) is 6.04 Å². The third-order valence-corrected chi connectivity index (χ3v) is 5.35.